The Morgan fingerprint density at radius 3 is 2.59 bits per heavy atom. The molecule has 1 unspecified atom stereocenters. The summed E-state index contributed by atoms with van der Waals surface area (Å²) in [6.45, 7) is 6.19. The topological polar surface area (TPSA) is 101 Å². The molecule has 0 amide bonds. The van der Waals surface area contributed by atoms with Crippen LogP contribution in [0.5, 0.6) is 0 Å². The highest BCUT2D eigenvalue weighted by Gasteiger charge is 2.23. The molecule has 0 saturated heterocycles. The molecule has 0 radical (unpaired) electrons. The van der Waals surface area contributed by atoms with Gasteiger partial charge < -0.3 is 4.74 Å². The Morgan fingerprint density at radius 1 is 1.06 bits per heavy atom. The van der Waals surface area contributed by atoms with Gasteiger partial charge in [0.05, 0.1) is 29.4 Å². The molecule has 0 bridgehead atoms. The standard InChI is InChI=1S/C25H23N7O2/c1-16-9-11-19(12-10-16)15-31-24-22(14-26-31)21(13-17(2)27-24)25(33)34-18(3)23-28-29-30-32(23)20-7-5-4-6-8-20/h4-14,18H,15H2,1-3H3. The Labute approximate surface area is 196 Å². The Hall–Kier alpha value is -4.40. The number of para-hydroxylation sites is 1. The van der Waals surface area contributed by atoms with Crippen molar-refractivity contribution in [2.75, 3.05) is 0 Å². The molecule has 9 nitrogen and oxygen atoms in total. The number of tetrazole rings is 1. The van der Waals surface area contributed by atoms with Crippen LogP contribution in [0.1, 0.15) is 46.0 Å². The smallest absolute Gasteiger partial charge is 0.339 e. The maximum Gasteiger partial charge on any atom is 0.339 e. The highest BCUT2D eigenvalue weighted by Crippen LogP contribution is 2.24. The summed E-state index contributed by atoms with van der Waals surface area (Å²) in [5.74, 6) is -0.0582. The van der Waals surface area contributed by atoms with Gasteiger partial charge in [-0.25, -0.2) is 14.5 Å². The zero-order chi connectivity index (χ0) is 23.7. The first-order valence-electron chi connectivity index (χ1n) is 10.9. The van der Waals surface area contributed by atoms with Gasteiger partial charge in [0.2, 0.25) is 0 Å². The molecular formula is C25H23N7O2. The van der Waals surface area contributed by atoms with Gasteiger partial charge in [-0.2, -0.15) is 9.78 Å². The number of fused-ring (bicyclic) bond motifs is 1. The molecule has 3 heterocycles. The van der Waals surface area contributed by atoms with E-state index in [0.29, 0.717) is 34.7 Å². The van der Waals surface area contributed by atoms with E-state index >= 15 is 0 Å². The molecule has 9 heteroatoms. The SMILES string of the molecule is Cc1ccc(Cn2ncc3c(C(=O)OC(C)c4nnnn4-c4ccccc4)cc(C)nc32)cc1. The van der Waals surface area contributed by atoms with E-state index in [1.807, 2.05) is 37.3 Å². The third-order valence-electron chi connectivity index (χ3n) is 5.55. The minimum atomic E-state index is -0.672. The Kier molecular flexibility index (Phi) is 5.59. The third-order valence-corrected chi connectivity index (χ3v) is 5.55. The summed E-state index contributed by atoms with van der Waals surface area (Å²) in [7, 11) is 0. The fraction of sp³-hybridized carbons (Fsp3) is 0.200. The number of hydrogen-bond acceptors (Lipinski definition) is 7. The van der Waals surface area contributed by atoms with Crippen molar-refractivity contribution in [2.24, 2.45) is 0 Å². The number of carbonyl (C=O) groups excluding carboxylic acids is 1. The highest BCUT2D eigenvalue weighted by atomic mass is 16.5. The molecule has 0 aliphatic heterocycles. The summed E-state index contributed by atoms with van der Waals surface area (Å²) >= 11 is 0. The van der Waals surface area contributed by atoms with Gasteiger partial charge in [0.15, 0.2) is 17.6 Å². The number of hydrogen-bond donors (Lipinski definition) is 0. The van der Waals surface area contributed by atoms with E-state index in [1.165, 1.54) is 5.56 Å². The average Bonchev–Trinajstić information content (AvgIpc) is 3.48. The van der Waals surface area contributed by atoms with Crippen LogP contribution in [0, 0.1) is 13.8 Å². The molecule has 0 saturated carbocycles. The molecule has 5 aromatic rings. The predicted molar refractivity (Wildman–Crippen MR) is 126 cm³/mol. The number of aryl methyl sites for hydroxylation is 2. The zero-order valence-corrected chi connectivity index (χ0v) is 19.1. The Morgan fingerprint density at radius 2 is 1.82 bits per heavy atom. The number of aromatic nitrogens is 7. The van der Waals surface area contributed by atoms with E-state index in [9.17, 15) is 4.79 Å². The molecule has 0 fully saturated rings. The fourth-order valence-electron chi connectivity index (χ4n) is 3.80. The molecule has 1 atom stereocenters. The monoisotopic (exact) mass is 453 g/mol. The number of esters is 1. The van der Waals surface area contributed by atoms with Crippen molar-refractivity contribution in [1.82, 2.24) is 35.0 Å². The Bertz CT molecular complexity index is 1460. The molecule has 3 aromatic heterocycles. The average molecular weight is 454 g/mol. The second-order valence-electron chi connectivity index (χ2n) is 8.17. The summed E-state index contributed by atoms with van der Waals surface area (Å²) in [5.41, 5.74) is 4.82. The number of nitrogens with zero attached hydrogens (tertiary/aromatic N) is 7. The lowest BCUT2D eigenvalue weighted by Crippen LogP contribution is -2.15. The van der Waals surface area contributed by atoms with Crippen molar-refractivity contribution < 1.29 is 9.53 Å². The molecule has 5 rings (SSSR count). The van der Waals surface area contributed by atoms with Crippen molar-refractivity contribution in [3.05, 3.63) is 95.1 Å². The Balaban J connectivity index is 1.42. The quantitative estimate of drug-likeness (QED) is 0.358. The van der Waals surface area contributed by atoms with E-state index in [2.05, 4.69) is 56.8 Å². The summed E-state index contributed by atoms with van der Waals surface area (Å²) < 4.78 is 9.13. The number of ether oxygens (including phenoxy) is 1. The highest BCUT2D eigenvalue weighted by molar-refractivity contribution is 6.02. The normalized spacial score (nSPS) is 12.1. The van der Waals surface area contributed by atoms with Crippen molar-refractivity contribution in [2.45, 2.75) is 33.4 Å². The van der Waals surface area contributed by atoms with Gasteiger partial charge in [0.1, 0.15) is 0 Å². The van der Waals surface area contributed by atoms with Gasteiger partial charge in [-0.05, 0) is 55.0 Å². The van der Waals surface area contributed by atoms with Crippen LogP contribution in [0.4, 0.5) is 0 Å². The van der Waals surface area contributed by atoms with E-state index in [-0.39, 0.29) is 0 Å². The van der Waals surface area contributed by atoms with Crippen LogP contribution in [0.15, 0.2) is 66.9 Å². The number of pyridine rings is 1. The molecule has 0 aliphatic carbocycles. The number of carbonyl (C=O) groups is 1. The van der Waals surface area contributed by atoms with Crippen LogP contribution in [0.25, 0.3) is 16.7 Å². The van der Waals surface area contributed by atoms with Crippen molar-refractivity contribution in [1.29, 1.82) is 0 Å². The molecule has 170 valence electrons. The molecule has 2 aromatic carbocycles. The van der Waals surface area contributed by atoms with E-state index < -0.39 is 12.1 Å². The first kappa shape index (κ1) is 21.4. The van der Waals surface area contributed by atoms with Gasteiger partial charge in [0, 0.05) is 5.69 Å². The molecule has 34 heavy (non-hydrogen) atoms. The second kappa shape index (κ2) is 8.86. The lowest BCUT2D eigenvalue weighted by atomic mass is 10.1. The van der Waals surface area contributed by atoms with E-state index in [1.54, 1.807) is 28.6 Å². The van der Waals surface area contributed by atoms with Gasteiger partial charge in [0.25, 0.3) is 0 Å². The van der Waals surface area contributed by atoms with Gasteiger partial charge in [-0.15, -0.1) is 5.10 Å². The molecular weight excluding hydrogens is 430 g/mol. The van der Waals surface area contributed by atoms with Crippen LogP contribution in [-0.2, 0) is 11.3 Å². The van der Waals surface area contributed by atoms with Crippen LogP contribution in [-0.4, -0.2) is 40.9 Å². The van der Waals surface area contributed by atoms with Crippen LogP contribution in [0.3, 0.4) is 0 Å². The minimum Gasteiger partial charge on any atom is -0.451 e. The predicted octanol–water partition coefficient (Wildman–Crippen LogP) is 3.99. The number of benzene rings is 2. The summed E-state index contributed by atoms with van der Waals surface area (Å²) in [6.07, 6.45) is 0.986. The first-order valence-corrected chi connectivity index (χ1v) is 10.9. The van der Waals surface area contributed by atoms with Gasteiger partial charge >= 0.3 is 5.97 Å². The summed E-state index contributed by atoms with van der Waals surface area (Å²) in [5, 5.41) is 17.0. The van der Waals surface area contributed by atoms with Gasteiger partial charge in [-0.3, -0.25) is 0 Å². The summed E-state index contributed by atoms with van der Waals surface area (Å²) in [6, 6.07) is 19.4. The molecule has 0 spiro atoms. The first-order chi connectivity index (χ1) is 16.5. The maximum absolute atomic E-state index is 13.2. The van der Waals surface area contributed by atoms with Crippen molar-refractivity contribution in [3.63, 3.8) is 0 Å². The van der Waals surface area contributed by atoms with Crippen LogP contribution in [0.2, 0.25) is 0 Å². The maximum atomic E-state index is 13.2. The summed E-state index contributed by atoms with van der Waals surface area (Å²) in [4.78, 5) is 17.8. The third kappa shape index (κ3) is 4.15. The van der Waals surface area contributed by atoms with Crippen molar-refractivity contribution >= 4 is 17.0 Å². The fourth-order valence-corrected chi connectivity index (χ4v) is 3.80. The molecule has 0 aliphatic rings. The van der Waals surface area contributed by atoms with E-state index in [4.69, 9.17) is 4.74 Å². The van der Waals surface area contributed by atoms with Crippen molar-refractivity contribution in [3.8, 4) is 5.69 Å². The van der Waals surface area contributed by atoms with Gasteiger partial charge in [-0.1, -0.05) is 48.0 Å². The zero-order valence-electron chi connectivity index (χ0n) is 19.1. The van der Waals surface area contributed by atoms with Crippen LogP contribution < -0.4 is 0 Å². The lowest BCUT2D eigenvalue weighted by Gasteiger charge is -2.14. The largest absolute Gasteiger partial charge is 0.451 e. The number of rotatable bonds is 6. The minimum absolute atomic E-state index is 0.406. The second-order valence-corrected chi connectivity index (χ2v) is 8.17. The van der Waals surface area contributed by atoms with E-state index in [0.717, 1.165) is 11.3 Å². The lowest BCUT2D eigenvalue weighted by molar-refractivity contribution is 0.0317. The molecule has 0 N–H and O–H groups in total. The van der Waals surface area contributed by atoms with Crippen LogP contribution >= 0.6 is 0 Å².